The SMILES string of the molecule is CC(c1cnccn1)N1CCC(C2CCCN2)CC1. The average Bonchev–Trinajstić information content (AvgIpc) is 3.02. The molecule has 0 saturated carbocycles. The van der Waals surface area contributed by atoms with Crippen LogP contribution < -0.4 is 5.32 Å². The third-order valence-corrected chi connectivity index (χ3v) is 4.80. The number of piperidine rings is 1. The molecule has 2 fully saturated rings. The second kappa shape index (κ2) is 5.97. The monoisotopic (exact) mass is 260 g/mol. The van der Waals surface area contributed by atoms with Crippen LogP contribution in [-0.4, -0.2) is 40.5 Å². The van der Waals surface area contributed by atoms with Crippen molar-refractivity contribution in [3.8, 4) is 0 Å². The zero-order chi connectivity index (χ0) is 13.1. The van der Waals surface area contributed by atoms with Crippen LogP contribution >= 0.6 is 0 Å². The van der Waals surface area contributed by atoms with E-state index in [1.165, 1.54) is 45.3 Å². The Kier molecular flexibility index (Phi) is 4.09. The minimum Gasteiger partial charge on any atom is -0.314 e. The minimum absolute atomic E-state index is 0.395. The lowest BCUT2D eigenvalue weighted by Crippen LogP contribution is -2.41. The third kappa shape index (κ3) is 2.95. The van der Waals surface area contributed by atoms with Gasteiger partial charge in [0.05, 0.1) is 11.7 Å². The smallest absolute Gasteiger partial charge is 0.0755 e. The first-order valence-corrected chi connectivity index (χ1v) is 7.58. The Bertz CT molecular complexity index is 380. The van der Waals surface area contributed by atoms with Crippen molar-refractivity contribution in [3.63, 3.8) is 0 Å². The summed E-state index contributed by atoms with van der Waals surface area (Å²) in [5.41, 5.74) is 1.10. The molecule has 0 bridgehead atoms. The summed E-state index contributed by atoms with van der Waals surface area (Å²) in [5, 5.41) is 3.66. The lowest BCUT2D eigenvalue weighted by Gasteiger charge is -2.37. The molecular weight excluding hydrogens is 236 g/mol. The van der Waals surface area contributed by atoms with Gasteiger partial charge in [-0.05, 0) is 58.2 Å². The fourth-order valence-electron chi connectivity index (χ4n) is 3.54. The number of aromatic nitrogens is 2. The van der Waals surface area contributed by atoms with Gasteiger partial charge in [-0.3, -0.25) is 14.9 Å². The van der Waals surface area contributed by atoms with Crippen LogP contribution in [0.1, 0.15) is 44.3 Å². The van der Waals surface area contributed by atoms with Crippen molar-refractivity contribution in [2.45, 2.75) is 44.7 Å². The van der Waals surface area contributed by atoms with Gasteiger partial charge in [-0.1, -0.05) is 0 Å². The van der Waals surface area contributed by atoms with Gasteiger partial charge < -0.3 is 5.32 Å². The summed E-state index contributed by atoms with van der Waals surface area (Å²) in [5.74, 6) is 0.882. The Balaban J connectivity index is 1.55. The van der Waals surface area contributed by atoms with Crippen molar-refractivity contribution in [3.05, 3.63) is 24.3 Å². The summed E-state index contributed by atoms with van der Waals surface area (Å²) < 4.78 is 0. The first kappa shape index (κ1) is 13.0. The van der Waals surface area contributed by atoms with E-state index < -0.39 is 0 Å². The van der Waals surface area contributed by atoms with Gasteiger partial charge >= 0.3 is 0 Å². The minimum atomic E-state index is 0.395. The van der Waals surface area contributed by atoms with Gasteiger partial charge in [0.25, 0.3) is 0 Å². The molecule has 2 aliphatic rings. The summed E-state index contributed by atoms with van der Waals surface area (Å²) in [7, 11) is 0. The molecular formula is C15H24N4. The Morgan fingerprint density at radius 1 is 1.26 bits per heavy atom. The van der Waals surface area contributed by atoms with Crippen LogP contribution in [0.3, 0.4) is 0 Å². The van der Waals surface area contributed by atoms with Crippen LogP contribution in [0.15, 0.2) is 18.6 Å². The zero-order valence-corrected chi connectivity index (χ0v) is 11.8. The van der Waals surface area contributed by atoms with Gasteiger partial charge in [0.15, 0.2) is 0 Å². The molecule has 3 heterocycles. The predicted molar refractivity (Wildman–Crippen MR) is 75.8 cm³/mol. The fourth-order valence-corrected chi connectivity index (χ4v) is 3.54. The number of nitrogens with zero attached hydrogens (tertiary/aromatic N) is 3. The van der Waals surface area contributed by atoms with E-state index in [2.05, 4.69) is 27.1 Å². The van der Waals surface area contributed by atoms with Crippen LogP contribution in [0, 0.1) is 5.92 Å². The first-order chi connectivity index (χ1) is 9.34. The summed E-state index contributed by atoms with van der Waals surface area (Å²) in [6.45, 7) is 5.86. The maximum atomic E-state index is 4.43. The molecule has 2 unspecified atom stereocenters. The summed E-state index contributed by atoms with van der Waals surface area (Å²) >= 11 is 0. The van der Waals surface area contributed by atoms with Crippen molar-refractivity contribution in [2.24, 2.45) is 5.92 Å². The maximum Gasteiger partial charge on any atom is 0.0755 e. The zero-order valence-electron chi connectivity index (χ0n) is 11.8. The Hall–Kier alpha value is -1.00. The van der Waals surface area contributed by atoms with Crippen LogP contribution in [0.25, 0.3) is 0 Å². The van der Waals surface area contributed by atoms with Crippen LogP contribution in [0.4, 0.5) is 0 Å². The van der Waals surface area contributed by atoms with E-state index >= 15 is 0 Å². The molecule has 1 N–H and O–H groups in total. The molecule has 0 radical (unpaired) electrons. The van der Waals surface area contributed by atoms with Crippen LogP contribution in [-0.2, 0) is 0 Å². The fraction of sp³-hybridized carbons (Fsp3) is 0.733. The Labute approximate surface area is 115 Å². The highest BCUT2D eigenvalue weighted by Crippen LogP contribution is 2.29. The van der Waals surface area contributed by atoms with Gasteiger partial charge in [0.1, 0.15) is 0 Å². The second-order valence-corrected chi connectivity index (χ2v) is 5.88. The molecule has 0 aromatic carbocycles. The van der Waals surface area contributed by atoms with E-state index in [9.17, 15) is 0 Å². The largest absolute Gasteiger partial charge is 0.314 e. The average molecular weight is 260 g/mol. The number of likely N-dealkylation sites (tertiary alicyclic amines) is 1. The second-order valence-electron chi connectivity index (χ2n) is 5.88. The van der Waals surface area contributed by atoms with Crippen LogP contribution in [0.5, 0.6) is 0 Å². The van der Waals surface area contributed by atoms with Crippen molar-refractivity contribution >= 4 is 0 Å². The molecule has 4 nitrogen and oxygen atoms in total. The maximum absolute atomic E-state index is 4.43. The van der Waals surface area contributed by atoms with Crippen molar-refractivity contribution in [2.75, 3.05) is 19.6 Å². The van der Waals surface area contributed by atoms with E-state index in [0.717, 1.165) is 17.7 Å². The van der Waals surface area contributed by atoms with Crippen LogP contribution in [0.2, 0.25) is 0 Å². The number of nitrogens with one attached hydrogen (secondary N) is 1. The lowest BCUT2D eigenvalue weighted by molar-refractivity contribution is 0.124. The summed E-state index contributed by atoms with van der Waals surface area (Å²) in [6.07, 6.45) is 10.8. The molecule has 1 aromatic rings. The molecule has 0 amide bonds. The molecule has 0 aliphatic carbocycles. The van der Waals surface area contributed by atoms with E-state index in [1.807, 2.05) is 6.20 Å². The molecule has 2 aliphatic heterocycles. The lowest BCUT2D eigenvalue weighted by atomic mass is 9.88. The summed E-state index contributed by atoms with van der Waals surface area (Å²) in [4.78, 5) is 11.2. The van der Waals surface area contributed by atoms with Gasteiger partial charge in [-0.25, -0.2) is 0 Å². The molecule has 2 atom stereocenters. The van der Waals surface area contributed by atoms with Gasteiger partial charge in [0, 0.05) is 24.6 Å². The number of hydrogen-bond acceptors (Lipinski definition) is 4. The molecule has 1 aromatic heterocycles. The number of rotatable bonds is 3. The predicted octanol–water partition coefficient (Wildman–Crippen LogP) is 2.00. The standard InChI is InChI=1S/C15H24N4/c1-12(15-11-16-7-8-18-15)19-9-4-13(5-10-19)14-3-2-6-17-14/h7-8,11-14,17H,2-6,9-10H2,1H3. The normalized spacial score (nSPS) is 27.5. The first-order valence-electron chi connectivity index (χ1n) is 7.58. The molecule has 3 rings (SSSR count). The van der Waals surface area contributed by atoms with Gasteiger partial charge in [0.2, 0.25) is 0 Å². The van der Waals surface area contributed by atoms with E-state index in [4.69, 9.17) is 0 Å². The molecule has 104 valence electrons. The Morgan fingerprint density at radius 3 is 2.74 bits per heavy atom. The highest BCUT2D eigenvalue weighted by molar-refractivity contribution is 5.02. The Morgan fingerprint density at radius 2 is 2.11 bits per heavy atom. The summed E-state index contributed by atoms with van der Waals surface area (Å²) in [6, 6.07) is 1.18. The quantitative estimate of drug-likeness (QED) is 0.902. The highest BCUT2D eigenvalue weighted by atomic mass is 15.2. The molecule has 4 heteroatoms. The van der Waals surface area contributed by atoms with E-state index in [-0.39, 0.29) is 0 Å². The topological polar surface area (TPSA) is 41.1 Å². The molecule has 2 saturated heterocycles. The van der Waals surface area contributed by atoms with E-state index in [0.29, 0.717) is 6.04 Å². The highest BCUT2D eigenvalue weighted by Gasteiger charge is 2.30. The molecule has 19 heavy (non-hydrogen) atoms. The number of hydrogen-bond donors (Lipinski definition) is 1. The van der Waals surface area contributed by atoms with Gasteiger partial charge in [-0.15, -0.1) is 0 Å². The van der Waals surface area contributed by atoms with Crippen molar-refractivity contribution in [1.82, 2.24) is 20.2 Å². The van der Waals surface area contributed by atoms with E-state index in [1.54, 1.807) is 12.4 Å². The van der Waals surface area contributed by atoms with Crippen molar-refractivity contribution < 1.29 is 0 Å². The third-order valence-electron chi connectivity index (χ3n) is 4.80. The van der Waals surface area contributed by atoms with Gasteiger partial charge in [-0.2, -0.15) is 0 Å². The molecule has 0 spiro atoms. The van der Waals surface area contributed by atoms with Crippen molar-refractivity contribution in [1.29, 1.82) is 0 Å².